The Bertz CT molecular complexity index is 319. The average molecular weight is 251 g/mol. The molecule has 0 bridgehead atoms. The molecule has 1 amide bonds. The van der Waals surface area contributed by atoms with E-state index in [1.165, 1.54) is 12.0 Å². The van der Waals surface area contributed by atoms with Gasteiger partial charge < -0.3 is 9.64 Å². The predicted octanol–water partition coefficient (Wildman–Crippen LogP) is 3.89. The average Bonchev–Trinajstić information content (AvgIpc) is 2.77. The molecular formula is C15H25NO2. The first kappa shape index (κ1) is 13.4. The summed E-state index contributed by atoms with van der Waals surface area (Å²) in [6, 6.07) is 0. The van der Waals surface area contributed by atoms with E-state index in [1.807, 2.05) is 4.90 Å². The summed E-state index contributed by atoms with van der Waals surface area (Å²) < 4.78 is 5.86. The van der Waals surface area contributed by atoms with Crippen molar-refractivity contribution in [1.82, 2.24) is 4.90 Å². The van der Waals surface area contributed by atoms with Crippen molar-refractivity contribution in [1.29, 1.82) is 0 Å². The molecule has 18 heavy (non-hydrogen) atoms. The van der Waals surface area contributed by atoms with Crippen LogP contribution in [-0.4, -0.2) is 29.7 Å². The quantitative estimate of drug-likeness (QED) is 0.697. The van der Waals surface area contributed by atoms with Crippen LogP contribution in [-0.2, 0) is 4.74 Å². The molecule has 1 aliphatic heterocycles. The lowest BCUT2D eigenvalue weighted by Crippen LogP contribution is -2.41. The van der Waals surface area contributed by atoms with Gasteiger partial charge in [0.1, 0.15) is 5.60 Å². The summed E-state index contributed by atoms with van der Waals surface area (Å²) in [7, 11) is 0. The first-order valence-corrected chi connectivity index (χ1v) is 7.25. The van der Waals surface area contributed by atoms with E-state index < -0.39 is 0 Å². The van der Waals surface area contributed by atoms with Crippen LogP contribution in [0.25, 0.3) is 0 Å². The fourth-order valence-electron chi connectivity index (χ4n) is 3.09. The molecule has 1 saturated heterocycles. The molecular weight excluding hydrogens is 226 g/mol. The maximum Gasteiger partial charge on any atom is 0.410 e. The highest BCUT2D eigenvalue weighted by atomic mass is 16.6. The smallest absolute Gasteiger partial charge is 0.410 e. The second-order valence-corrected chi connectivity index (χ2v) is 5.91. The second-order valence-electron chi connectivity index (χ2n) is 5.91. The number of ether oxygens (including phenoxy) is 1. The number of amides is 1. The van der Waals surface area contributed by atoms with E-state index in [9.17, 15) is 4.79 Å². The largest absolute Gasteiger partial charge is 0.439 e. The van der Waals surface area contributed by atoms with Crippen molar-refractivity contribution in [3.63, 3.8) is 0 Å². The van der Waals surface area contributed by atoms with Gasteiger partial charge in [0.15, 0.2) is 0 Å². The van der Waals surface area contributed by atoms with E-state index >= 15 is 0 Å². The van der Waals surface area contributed by atoms with Gasteiger partial charge in [0.05, 0.1) is 0 Å². The van der Waals surface area contributed by atoms with Crippen LogP contribution in [0.5, 0.6) is 0 Å². The van der Waals surface area contributed by atoms with E-state index in [0.29, 0.717) is 0 Å². The van der Waals surface area contributed by atoms with E-state index in [-0.39, 0.29) is 11.7 Å². The van der Waals surface area contributed by atoms with Crippen LogP contribution in [0.15, 0.2) is 11.6 Å². The van der Waals surface area contributed by atoms with Gasteiger partial charge in [-0.25, -0.2) is 4.79 Å². The minimum Gasteiger partial charge on any atom is -0.439 e. The van der Waals surface area contributed by atoms with Crippen molar-refractivity contribution in [3.05, 3.63) is 11.6 Å². The Hall–Kier alpha value is -0.990. The molecule has 3 heteroatoms. The maximum absolute atomic E-state index is 12.2. The Kier molecular flexibility index (Phi) is 4.31. The van der Waals surface area contributed by atoms with E-state index in [2.05, 4.69) is 19.9 Å². The number of hydrogen-bond donors (Lipinski definition) is 0. The third-order valence-corrected chi connectivity index (χ3v) is 3.91. The summed E-state index contributed by atoms with van der Waals surface area (Å²) in [5, 5.41) is 0. The van der Waals surface area contributed by atoms with Gasteiger partial charge in [-0.1, -0.05) is 5.57 Å². The van der Waals surface area contributed by atoms with Gasteiger partial charge in [-0.2, -0.15) is 0 Å². The molecule has 0 unspecified atom stereocenters. The molecule has 0 radical (unpaired) electrons. The standard InChI is InChI=1S/C15H25NO2/c1-13(2)12-15(8-4-5-9-15)18-14(17)16-10-6-3-7-11-16/h12H,3-11H2,1-2H3. The summed E-state index contributed by atoms with van der Waals surface area (Å²) in [5.74, 6) is 0. The predicted molar refractivity (Wildman–Crippen MR) is 72.5 cm³/mol. The van der Waals surface area contributed by atoms with Gasteiger partial charge >= 0.3 is 6.09 Å². The Morgan fingerprint density at radius 3 is 2.22 bits per heavy atom. The van der Waals surface area contributed by atoms with Gasteiger partial charge in [0.2, 0.25) is 0 Å². The zero-order valence-electron chi connectivity index (χ0n) is 11.7. The molecule has 0 aromatic heterocycles. The lowest BCUT2D eigenvalue weighted by atomic mass is 9.99. The third-order valence-electron chi connectivity index (χ3n) is 3.91. The van der Waals surface area contributed by atoms with Crippen molar-refractivity contribution in [2.45, 2.75) is 64.4 Å². The zero-order chi connectivity index (χ0) is 13.0. The van der Waals surface area contributed by atoms with Crippen LogP contribution in [0.1, 0.15) is 58.8 Å². The van der Waals surface area contributed by atoms with Crippen molar-refractivity contribution < 1.29 is 9.53 Å². The zero-order valence-corrected chi connectivity index (χ0v) is 11.7. The fourth-order valence-corrected chi connectivity index (χ4v) is 3.09. The topological polar surface area (TPSA) is 29.5 Å². The molecule has 1 aliphatic carbocycles. The van der Waals surface area contributed by atoms with Crippen LogP contribution in [0, 0.1) is 0 Å². The van der Waals surface area contributed by atoms with Crippen molar-refractivity contribution >= 4 is 6.09 Å². The van der Waals surface area contributed by atoms with Crippen LogP contribution < -0.4 is 0 Å². The maximum atomic E-state index is 12.2. The Balaban J connectivity index is 2.00. The molecule has 2 fully saturated rings. The lowest BCUT2D eigenvalue weighted by molar-refractivity contribution is 0.0206. The molecule has 1 saturated carbocycles. The van der Waals surface area contributed by atoms with Crippen molar-refractivity contribution in [3.8, 4) is 0 Å². The monoisotopic (exact) mass is 251 g/mol. The SMILES string of the molecule is CC(C)=CC1(OC(=O)N2CCCCC2)CCCC1. The highest BCUT2D eigenvalue weighted by Gasteiger charge is 2.37. The summed E-state index contributed by atoms with van der Waals surface area (Å²) in [6.07, 6.45) is 9.82. The molecule has 2 aliphatic rings. The summed E-state index contributed by atoms with van der Waals surface area (Å²) in [6.45, 7) is 5.89. The van der Waals surface area contributed by atoms with Crippen molar-refractivity contribution in [2.75, 3.05) is 13.1 Å². The molecule has 0 aromatic carbocycles. The molecule has 0 aromatic rings. The van der Waals surface area contributed by atoms with Crippen LogP contribution >= 0.6 is 0 Å². The number of rotatable bonds is 2. The number of allylic oxidation sites excluding steroid dienone is 1. The number of carbonyl (C=O) groups is 1. The van der Waals surface area contributed by atoms with Gasteiger partial charge in [0.25, 0.3) is 0 Å². The molecule has 2 rings (SSSR count). The minimum atomic E-state index is -0.312. The lowest BCUT2D eigenvalue weighted by Gasteiger charge is -2.32. The van der Waals surface area contributed by atoms with Gasteiger partial charge in [-0.15, -0.1) is 0 Å². The molecule has 1 heterocycles. The third kappa shape index (κ3) is 3.27. The summed E-state index contributed by atoms with van der Waals surface area (Å²) in [5.41, 5.74) is 0.927. The minimum absolute atomic E-state index is 0.103. The Morgan fingerprint density at radius 1 is 1.06 bits per heavy atom. The van der Waals surface area contributed by atoms with Gasteiger partial charge in [-0.05, 0) is 64.9 Å². The van der Waals surface area contributed by atoms with Gasteiger partial charge in [0, 0.05) is 13.1 Å². The molecule has 0 atom stereocenters. The normalized spacial score (nSPS) is 22.7. The number of hydrogen-bond acceptors (Lipinski definition) is 2. The highest BCUT2D eigenvalue weighted by Crippen LogP contribution is 2.36. The molecule has 0 spiro atoms. The number of nitrogens with zero attached hydrogens (tertiary/aromatic N) is 1. The fraction of sp³-hybridized carbons (Fsp3) is 0.800. The van der Waals surface area contributed by atoms with Crippen LogP contribution in [0.3, 0.4) is 0 Å². The number of piperidine rings is 1. The molecule has 102 valence electrons. The highest BCUT2D eigenvalue weighted by molar-refractivity contribution is 5.68. The molecule has 0 N–H and O–H groups in total. The Morgan fingerprint density at radius 2 is 1.67 bits per heavy atom. The number of likely N-dealkylation sites (tertiary alicyclic amines) is 1. The van der Waals surface area contributed by atoms with E-state index in [4.69, 9.17) is 4.74 Å². The van der Waals surface area contributed by atoms with E-state index in [1.54, 1.807) is 0 Å². The summed E-state index contributed by atoms with van der Waals surface area (Å²) in [4.78, 5) is 14.1. The second kappa shape index (κ2) is 5.77. The molecule has 3 nitrogen and oxygen atoms in total. The number of carbonyl (C=O) groups excluding carboxylic acids is 1. The van der Waals surface area contributed by atoms with Crippen molar-refractivity contribution in [2.24, 2.45) is 0 Å². The van der Waals surface area contributed by atoms with Crippen LogP contribution in [0.4, 0.5) is 4.79 Å². The van der Waals surface area contributed by atoms with E-state index in [0.717, 1.165) is 51.6 Å². The van der Waals surface area contributed by atoms with Crippen LogP contribution in [0.2, 0.25) is 0 Å². The van der Waals surface area contributed by atoms with Gasteiger partial charge in [-0.3, -0.25) is 0 Å². The first-order chi connectivity index (χ1) is 8.61. The summed E-state index contributed by atoms with van der Waals surface area (Å²) >= 11 is 0. The Labute approximate surface area is 110 Å². The first-order valence-electron chi connectivity index (χ1n) is 7.25.